The van der Waals surface area contributed by atoms with Gasteiger partial charge >= 0.3 is 0 Å². The standard InChI is InChI=1S/C19H21N7O/c1-13(15-7-4-5-8-17(15)27-3)23-19-21-11-16(18-24-22-12-26(18)19)25-10-6-9-20-14(25)2/h4-14H,1-3H3,(H,21,23)/t13?,14-/m0/s1. The van der Waals surface area contributed by atoms with E-state index in [1.165, 1.54) is 0 Å². The lowest BCUT2D eigenvalue weighted by Crippen LogP contribution is -2.29. The fourth-order valence-electron chi connectivity index (χ4n) is 3.17. The highest BCUT2D eigenvalue weighted by atomic mass is 16.5. The van der Waals surface area contributed by atoms with E-state index >= 15 is 0 Å². The molecule has 8 nitrogen and oxygen atoms in total. The van der Waals surface area contributed by atoms with Gasteiger partial charge in [0.05, 0.1) is 19.3 Å². The van der Waals surface area contributed by atoms with Crippen LogP contribution in [0.2, 0.25) is 0 Å². The molecule has 138 valence electrons. The van der Waals surface area contributed by atoms with Gasteiger partial charge < -0.3 is 15.0 Å². The van der Waals surface area contributed by atoms with Crippen molar-refractivity contribution in [3.8, 4) is 5.75 Å². The van der Waals surface area contributed by atoms with Crippen molar-refractivity contribution in [1.29, 1.82) is 0 Å². The van der Waals surface area contributed by atoms with Crippen molar-refractivity contribution in [3.63, 3.8) is 0 Å². The maximum atomic E-state index is 5.47. The Balaban J connectivity index is 1.68. The topological polar surface area (TPSA) is 79.9 Å². The molecule has 0 aliphatic carbocycles. The second-order valence-electron chi connectivity index (χ2n) is 6.28. The molecular weight excluding hydrogens is 342 g/mol. The molecule has 1 aromatic carbocycles. The van der Waals surface area contributed by atoms with Crippen LogP contribution in [-0.4, -0.2) is 39.1 Å². The summed E-state index contributed by atoms with van der Waals surface area (Å²) in [7, 11) is 1.67. The number of para-hydroxylation sites is 1. The van der Waals surface area contributed by atoms with Crippen molar-refractivity contribution in [2.75, 3.05) is 17.3 Å². The number of anilines is 2. The first-order valence-electron chi connectivity index (χ1n) is 8.75. The molecule has 4 rings (SSSR count). The number of hydrogen-bond donors (Lipinski definition) is 1. The van der Waals surface area contributed by atoms with Gasteiger partial charge in [0.1, 0.15) is 23.9 Å². The van der Waals surface area contributed by atoms with Crippen LogP contribution in [0.4, 0.5) is 11.6 Å². The second-order valence-corrected chi connectivity index (χ2v) is 6.28. The quantitative estimate of drug-likeness (QED) is 0.750. The third kappa shape index (κ3) is 3.10. The van der Waals surface area contributed by atoms with Crippen LogP contribution in [-0.2, 0) is 0 Å². The molecule has 3 aromatic rings. The number of fused-ring (bicyclic) bond motifs is 1. The Hall–Kier alpha value is -3.42. The summed E-state index contributed by atoms with van der Waals surface area (Å²) in [6, 6.07) is 7.92. The lowest BCUT2D eigenvalue weighted by atomic mass is 10.1. The Labute approximate surface area is 157 Å². The molecule has 1 unspecified atom stereocenters. The predicted octanol–water partition coefficient (Wildman–Crippen LogP) is 3.06. The van der Waals surface area contributed by atoms with Gasteiger partial charge in [-0.2, -0.15) is 0 Å². The lowest BCUT2D eigenvalue weighted by molar-refractivity contribution is 0.408. The van der Waals surface area contributed by atoms with E-state index in [-0.39, 0.29) is 12.2 Å². The largest absolute Gasteiger partial charge is 0.496 e. The minimum absolute atomic E-state index is 0.0106. The van der Waals surface area contributed by atoms with E-state index in [2.05, 4.69) is 32.4 Å². The number of nitrogens with zero attached hydrogens (tertiary/aromatic N) is 6. The maximum absolute atomic E-state index is 5.47. The summed E-state index contributed by atoms with van der Waals surface area (Å²) in [5, 5.41) is 11.8. The molecule has 0 fully saturated rings. The van der Waals surface area contributed by atoms with Crippen LogP contribution in [0.15, 0.2) is 54.1 Å². The van der Waals surface area contributed by atoms with E-state index < -0.39 is 0 Å². The fraction of sp³-hybridized carbons (Fsp3) is 0.263. The van der Waals surface area contributed by atoms with Crippen LogP contribution in [0, 0.1) is 0 Å². The van der Waals surface area contributed by atoms with E-state index in [0.29, 0.717) is 11.6 Å². The van der Waals surface area contributed by atoms with Crippen molar-refractivity contribution in [2.45, 2.75) is 26.1 Å². The molecular formula is C19H21N7O. The van der Waals surface area contributed by atoms with Crippen LogP contribution < -0.4 is 15.0 Å². The summed E-state index contributed by atoms with van der Waals surface area (Å²) in [6.45, 7) is 4.08. The summed E-state index contributed by atoms with van der Waals surface area (Å²) in [5.74, 6) is 1.49. The van der Waals surface area contributed by atoms with Crippen LogP contribution in [0.3, 0.4) is 0 Å². The molecule has 1 aliphatic rings. The van der Waals surface area contributed by atoms with Crippen LogP contribution >= 0.6 is 0 Å². The van der Waals surface area contributed by atoms with E-state index in [0.717, 1.165) is 17.0 Å². The normalized spacial score (nSPS) is 17.3. The lowest BCUT2D eigenvalue weighted by Gasteiger charge is -2.27. The zero-order valence-corrected chi connectivity index (χ0v) is 15.4. The Morgan fingerprint density at radius 1 is 1.26 bits per heavy atom. The summed E-state index contributed by atoms with van der Waals surface area (Å²) < 4.78 is 7.31. The average molecular weight is 363 g/mol. The number of methoxy groups -OCH3 is 1. The minimum atomic E-state index is -0.0244. The summed E-state index contributed by atoms with van der Waals surface area (Å²) >= 11 is 0. The van der Waals surface area contributed by atoms with Gasteiger partial charge in [-0.1, -0.05) is 18.2 Å². The van der Waals surface area contributed by atoms with E-state index in [4.69, 9.17) is 4.74 Å². The molecule has 0 saturated carbocycles. The number of aromatic nitrogens is 4. The summed E-state index contributed by atoms with van der Waals surface area (Å²) in [5.41, 5.74) is 2.62. The fourth-order valence-corrected chi connectivity index (χ4v) is 3.17. The molecule has 0 bridgehead atoms. The maximum Gasteiger partial charge on any atom is 0.210 e. The molecule has 1 aliphatic heterocycles. The Morgan fingerprint density at radius 2 is 2.11 bits per heavy atom. The third-order valence-electron chi connectivity index (χ3n) is 4.58. The highest BCUT2D eigenvalue weighted by Crippen LogP contribution is 2.29. The molecule has 0 spiro atoms. The van der Waals surface area contributed by atoms with Crippen LogP contribution in [0.1, 0.15) is 25.5 Å². The zero-order chi connectivity index (χ0) is 18.8. The number of aliphatic imine (C=N–C) groups is 1. The summed E-state index contributed by atoms with van der Waals surface area (Å²) in [4.78, 5) is 11.0. The number of ether oxygens (including phenoxy) is 1. The number of benzene rings is 1. The minimum Gasteiger partial charge on any atom is -0.496 e. The molecule has 8 heteroatoms. The van der Waals surface area contributed by atoms with E-state index in [9.17, 15) is 0 Å². The molecule has 2 atom stereocenters. The van der Waals surface area contributed by atoms with E-state index in [1.54, 1.807) is 25.8 Å². The molecule has 3 heterocycles. The van der Waals surface area contributed by atoms with Crippen molar-refractivity contribution in [1.82, 2.24) is 19.6 Å². The van der Waals surface area contributed by atoms with Crippen LogP contribution in [0.5, 0.6) is 5.75 Å². The smallest absolute Gasteiger partial charge is 0.210 e. The molecule has 27 heavy (non-hydrogen) atoms. The van der Waals surface area contributed by atoms with Crippen molar-refractivity contribution >= 4 is 23.5 Å². The molecule has 0 amide bonds. The third-order valence-corrected chi connectivity index (χ3v) is 4.58. The number of hydrogen-bond acceptors (Lipinski definition) is 7. The monoisotopic (exact) mass is 363 g/mol. The van der Waals surface area contributed by atoms with Crippen molar-refractivity contribution in [2.24, 2.45) is 4.99 Å². The highest BCUT2D eigenvalue weighted by molar-refractivity contribution is 5.78. The van der Waals surface area contributed by atoms with Crippen molar-refractivity contribution in [3.05, 3.63) is 54.6 Å². The number of nitrogens with one attached hydrogen (secondary N) is 1. The number of rotatable bonds is 5. The average Bonchev–Trinajstić information content (AvgIpc) is 3.19. The van der Waals surface area contributed by atoms with Gasteiger partial charge in [0, 0.05) is 18.0 Å². The molecule has 0 radical (unpaired) electrons. The second kappa shape index (κ2) is 7.06. The van der Waals surface area contributed by atoms with Gasteiger partial charge in [-0.3, -0.25) is 4.99 Å². The number of allylic oxidation sites excluding steroid dienone is 1. The van der Waals surface area contributed by atoms with Crippen LogP contribution in [0.25, 0.3) is 5.65 Å². The first kappa shape index (κ1) is 17.0. The predicted molar refractivity (Wildman–Crippen MR) is 105 cm³/mol. The Kier molecular flexibility index (Phi) is 4.45. The first-order chi connectivity index (χ1) is 13.2. The summed E-state index contributed by atoms with van der Waals surface area (Å²) in [6.07, 6.45) is 9.08. The Morgan fingerprint density at radius 3 is 2.93 bits per heavy atom. The van der Waals surface area contributed by atoms with Gasteiger partial charge in [0.15, 0.2) is 5.65 Å². The van der Waals surface area contributed by atoms with Gasteiger partial charge in [-0.25, -0.2) is 9.38 Å². The SMILES string of the molecule is COc1ccccc1C(C)Nc1ncc(N2C=CC=N[C@@H]2C)c2nncn12. The van der Waals surface area contributed by atoms with E-state index in [1.807, 2.05) is 52.8 Å². The van der Waals surface area contributed by atoms with Gasteiger partial charge in [-0.15, -0.1) is 10.2 Å². The first-order valence-corrected chi connectivity index (χ1v) is 8.75. The Bertz CT molecular complexity index is 1010. The van der Waals surface area contributed by atoms with Gasteiger partial charge in [0.25, 0.3) is 0 Å². The zero-order valence-electron chi connectivity index (χ0n) is 15.4. The van der Waals surface area contributed by atoms with Gasteiger partial charge in [0.2, 0.25) is 5.95 Å². The van der Waals surface area contributed by atoms with Crippen molar-refractivity contribution < 1.29 is 4.74 Å². The molecule has 0 saturated heterocycles. The highest BCUT2D eigenvalue weighted by Gasteiger charge is 2.20. The van der Waals surface area contributed by atoms with Gasteiger partial charge in [-0.05, 0) is 26.0 Å². The molecule has 1 N–H and O–H groups in total. The molecule has 2 aromatic heterocycles.